The molecule has 7 nitrogen and oxygen atoms in total. The van der Waals surface area contributed by atoms with Crippen LogP contribution in [0, 0.1) is 0 Å². The van der Waals surface area contributed by atoms with Gasteiger partial charge in [0.15, 0.2) is 0 Å². The largest absolute Gasteiger partial charge is 0.351 e. The zero-order valence-electron chi connectivity index (χ0n) is 20.5. The van der Waals surface area contributed by atoms with E-state index in [1.165, 1.54) is 24.2 Å². The maximum atomic E-state index is 13.8. The number of thiazole rings is 1. The fraction of sp³-hybridized carbons (Fsp3) is 0.286. The van der Waals surface area contributed by atoms with Gasteiger partial charge in [0, 0.05) is 43.6 Å². The van der Waals surface area contributed by atoms with Gasteiger partial charge in [0.2, 0.25) is 5.43 Å². The van der Waals surface area contributed by atoms with Crippen molar-refractivity contribution in [3.8, 4) is 0 Å². The minimum absolute atomic E-state index is 0. The highest BCUT2D eigenvalue weighted by atomic mass is 32.2. The molecule has 0 radical (unpaired) electrons. The second kappa shape index (κ2) is 10.2. The Bertz CT molecular complexity index is 1670. The van der Waals surface area contributed by atoms with Gasteiger partial charge in [-0.25, -0.2) is 4.98 Å². The normalized spacial score (nSPS) is 16.2. The van der Waals surface area contributed by atoms with E-state index in [-0.39, 0.29) is 18.3 Å². The maximum absolute atomic E-state index is 13.8. The molecule has 37 heavy (non-hydrogen) atoms. The number of nitrogens with zero attached hydrogens (tertiary/aromatic N) is 4. The molecule has 1 amide bonds. The molecule has 0 spiro atoms. The third kappa shape index (κ3) is 4.63. The van der Waals surface area contributed by atoms with Crippen molar-refractivity contribution >= 4 is 55.1 Å². The summed E-state index contributed by atoms with van der Waals surface area (Å²) >= 11 is 3.03. The van der Waals surface area contributed by atoms with E-state index in [1.54, 1.807) is 24.2 Å². The van der Waals surface area contributed by atoms with E-state index < -0.39 is 0 Å². The highest BCUT2D eigenvalue weighted by molar-refractivity contribution is 7.98. The molecule has 0 aliphatic carbocycles. The molecule has 0 saturated carbocycles. The summed E-state index contributed by atoms with van der Waals surface area (Å²) in [5, 5.41) is 3.48. The molecule has 1 aliphatic rings. The molecule has 6 rings (SSSR count). The number of fused-ring (bicyclic) bond motifs is 5. The minimum Gasteiger partial charge on any atom is -0.351 e. The number of pyridine rings is 3. The van der Waals surface area contributed by atoms with Gasteiger partial charge in [0.25, 0.3) is 5.91 Å². The third-order valence-corrected chi connectivity index (χ3v) is 9.11. The Morgan fingerprint density at radius 3 is 2.89 bits per heavy atom. The van der Waals surface area contributed by atoms with Gasteiger partial charge in [0.05, 0.1) is 21.3 Å². The highest BCUT2D eigenvalue weighted by Crippen LogP contribution is 2.32. The number of hydrogen-bond donors (Lipinski definition) is 1. The van der Waals surface area contributed by atoms with Crippen LogP contribution in [0.4, 0.5) is 0 Å². The molecule has 9 heteroatoms. The second-order valence-corrected chi connectivity index (χ2v) is 11.4. The summed E-state index contributed by atoms with van der Waals surface area (Å²) in [7, 11) is 0. The van der Waals surface area contributed by atoms with Crippen LogP contribution in [0.25, 0.3) is 26.1 Å². The predicted octanol–water partition coefficient (Wildman–Crippen LogP) is 5.21. The van der Waals surface area contributed by atoms with Gasteiger partial charge in [-0.05, 0) is 56.6 Å². The van der Waals surface area contributed by atoms with E-state index in [0.29, 0.717) is 34.2 Å². The molecule has 1 aliphatic heterocycles. The molecule has 1 unspecified atom stereocenters. The SMILES string of the molecule is CC1CCCN1CCNC(=O)c1c(=O)c2cc(SCc3ccccn3)cnc2n2c1sc1ccccc12.[HH]. The summed E-state index contributed by atoms with van der Waals surface area (Å²) in [5.41, 5.74) is 2.38. The van der Waals surface area contributed by atoms with Crippen LogP contribution >= 0.6 is 23.1 Å². The van der Waals surface area contributed by atoms with Crippen molar-refractivity contribution in [3.63, 3.8) is 0 Å². The molecule has 1 N–H and O–H groups in total. The first-order valence-electron chi connectivity index (χ1n) is 12.5. The number of benzene rings is 1. The minimum atomic E-state index is -0.325. The average Bonchev–Trinajstić information content (AvgIpc) is 3.51. The quantitative estimate of drug-likeness (QED) is 0.291. The summed E-state index contributed by atoms with van der Waals surface area (Å²) in [6, 6.07) is 16.2. The summed E-state index contributed by atoms with van der Waals surface area (Å²) in [6.45, 7) is 4.58. The molecule has 1 fully saturated rings. The number of likely N-dealkylation sites (tertiary alicyclic amines) is 1. The van der Waals surface area contributed by atoms with Crippen molar-refractivity contribution in [1.82, 2.24) is 24.6 Å². The predicted molar refractivity (Wildman–Crippen MR) is 153 cm³/mol. The number of para-hydroxylation sites is 1. The Kier molecular flexibility index (Phi) is 6.67. The Morgan fingerprint density at radius 1 is 1.22 bits per heavy atom. The van der Waals surface area contributed by atoms with Gasteiger partial charge >= 0.3 is 0 Å². The van der Waals surface area contributed by atoms with E-state index in [9.17, 15) is 9.59 Å². The first-order chi connectivity index (χ1) is 18.1. The fourth-order valence-electron chi connectivity index (χ4n) is 5.02. The van der Waals surface area contributed by atoms with Crippen LogP contribution in [-0.2, 0) is 5.75 Å². The Hall–Kier alpha value is -3.27. The van der Waals surface area contributed by atoms with E-state index in [0.717, 1.165) is 33.9 Å². The van der Waals surface area contributed by atoms with Crippen molar-refractivity contribution in [2.24, 2.45) is 0 Å². The number of aromatic nitrogens is 3. The lowest BCUT2D eigenvalue weighted by Crippen LogP contribution is -2.38. The van der Waals surface area contributed by atoms with Crippen LogP contribution in [0.1, 0.15) is 37.2 Å². The number of rotatable bonds is 7. The van der Waals surface area contributed by atoms with Crippen LogP contribution in [0.5, 0.6) is 0 Å². The Labute approximate surface area is 224 Å². The molecule has 1 saturated heterocycles. The summed E-state index contributed by atoms with van der Waals surface area (Å²) in [6.07, 6.45) is 5.95. The topological polar surface area (TPSA) is 79.6 Å². The third-order valence-electron chi connectivity index (χ3n) is 6.97. The first kappa shape index (κ1) is 24.1. The summed E-state index contributed by atoms with van der Waals surface area (Å²) < 4.78 is 2.96. The fourth-order valence-corrected chi connectivity index (χ4v) is 7.02. The maximum Gasteiger partial charge on any atom is 0.258 e. The molecule has 5 heterocycles. The average molecular weight is 532 g/mol. The Balaban J connectivity index is 0.00000294. The Morgan fingerprint density at radius 2 is 2.08 bits per heavy atom. The van der Waals surface area contributed by atoms with Gasteiger partial charge in [-0.2, -0.15) is 0 Å². The molecular weight excluding hydrogens is 502 g/mol. The molecule has 5 aromatic rings. The summed E-state index contributed by atoms with van der Waals surface area (Å²) in [4.78, 5) is 40.3. The molecule has 1 aromatic carbocycles. The van der Waals surface area contributed by atoms with Gasteiger partial charge < -0.3 is 5.32 Å². The zero-order valence-corrected chi connectivity index (χ0v) is 22.1. The van der Waals surface area contributed by atoms with Crippen LogP contribution in [0.3, 0.4) is 0 Å². The van der Waals surface area contributed by atoms with Crippen LogP contribution in [0.15, 0.2) is 70.6 Å². The number of hydrogen-bond acceptors (Lipinski definition) is 7. The van der Waals surface area contributed by atoms with Gasteiger partial charge in [-0.3, -0.25) is 23.9 Å². The molecule has 4 aromatic heterocycles. The molecule has 1 atom stereocenters. The lowest BCUT2D eigenvalue weighted by Gasteiger charge is -2.20. The van der Waals surface area contributed by atoms with Crippen LogP contribution < -0.4 is 10.7 Å². The zero-order chi connectivity index (χ0) is 25.4. The molecule has 190 valence electrons. The van der Waals surface area contributed by atoms with Crippen molar-refractivity contribution in [2.45, 2.75) is 36.5 Å². The number of carbonyl (C=O) groups is 1. The van der Waals surface area contributed by atoms with E-state index in [1.807, 2.05) is 52.9 Å². The number of carbonyl (C=O) groups excluding carboxylic acids is 1. The monoisotopic (exact) mass is 531 g/mol. The molecular formula is C28H29N5O2S2. The lowest BCUT2D eigenvalue weighted by molar-refractivity contribution is 0.0948. The van der Waals surface area contributed by atoms with Gasteiger partial charge in [-0.1, -0.05) is 18.2 Å². The van der Waals surface area contributed by atoms with Crippen molar-refractivity contribution in [2.75, 3.05) is 19.6 Å². The van der Waals surface area contributed by atoms with Crippen molar-refractivity contribution in [1.29, 1.82) is 0 Å². The van der Waals surface area contributed by atoms with E-state index in [2.05, 4.69) is 22.1 Å². The second-order valence-electron chi connectivity index (χ2n) is 9.35. The number of thioether (sulfide) groups is 1. The van der Waals surface area contributed by atoms with Gasteiger partial charge in [0.1, 0.15) is 16.0 Å². The van der Waals surface area contributed by atoms with Crippen molar-refractivity contribution < 1.29 is 6.22 Å². The summed E-state index contributed by atoms with van der Waals surface area (Å²) in [5.74, 6) is 0.343. The number of amides is 1. The van der Waals surface area contributed by atoms with E-state index in [4.69, 9.17) is 4.98 Å². The van der Waals surface area contributed by atoms with Gasteiger partial charge in [-0.15, -0.1) is 23.1 Å². The van der Waals surface area contributed by atoms with Crippen molar-refractivity contribution in [3.05, 3.63) is 82.4 Å². The molecule has 0 bridgehead atoms. The highest BCUT2D eigenvalue weighted by Gasteiger charge is 2.24. The first-order valence-corrected chi connectivity index (χ1v) is 14.3. The number of nitrogens with one attached hydrogen (secondary N) is 1. The smallest absolute Gasteiger partial charge is 0.258 e. The van der Waals surface area contributed by atoms with E-state index >= 15 is 0 Å². The van der Waals surface area contributed by atoms with Crippen LogP contribution in [-0.4, -0.2) is 50.9 Å². The van der Waals surface area contributed by atoms with Crippen LogP contribution in [0.2, 0.25) is 0 Å². The standard InChI is InChI=1S/C28H27N5O2S2.H2/c1-18-7-6-13-32(18)14-12-30-27(35)24-25(34)21-15-20(36-17-19-8-4-5-11-29-19)16-31-26(21)33-22-9-2-3-10-23(22)37-28(24)33;/h2-5,8-11,15-16,18H,6-7,12-14,17H2,1H3,(H,30,35);1H. The lowest BCUT2D eigenvalue weighted by atomic mass is 10.1.